The summed E-state index contributed by atoms with van der Waals surface area (Å²) in [5, 5.41) is 10.9. The first-order chi connectivity index (χ1) is 12.5. The minimum absolute atomic E-state index is 0.0565. The zero-order chi connectivity index (χ0) is 20.6. The molecule has 1 amide bonds. The van der Waals surface area contributed by atoms with E-state index in [9.17, 15) is 14.9 Å². The van der Waals surface area contributed by atoms with Gasteiger partial charge in [0, 0.05) is 19.7 Å². The van der Waals surface area contributed by atoms with E-state index in [1.165, 1.54) is 24.1 Å². The number of methoxy groups -OCH3 is 1. The summed E-state index contributed by atoms with van der Waals surface area (Å²) in [7, 11) is 3.15. The Morgan fingerprint density at radius 1 is 1.37 bits per heavy atom. The van der Waals surface area contributed by atoms with Gasteiger partial charge in [0.25, 0.3) is 5.69 Å². The number of nitro groups is 1. The predicted octanol–water partition coefficient (Wildman–Crippen LogP) is 4.15. The summed E-state index contributed by atoms with van der Waals surface area (Å²) in [6.07, 6.45) is 0.230. The number of rotatable bonds is 9. The van der Waals surface area contributed by atoms with Crippen molar-refractivity contribution in [1.82, 2.24) is 4.90 Å². The van der Waals surface area contributed by atoms with Crippen LogP contribution >= 0.6 is 0 Å². The van der Waals surface area contributed by atoms with Gasteiger partial charge in [-0.3, -0.25) is 10.1 Å². The van der Waals surface area contributed by atoms with Gasteiger partial charge in [0.1, 0.15) is 17.1 Å². The molecule has 0 saturated carbocycles. The quantitative estimate of drug-likeness (QED) is 0.363. The van der Waals surface area contributed by atoms with Crippen molar-refractivity contribution in [2.24, 2.45) is 0 Å². The predicted molar refractivity (Wildman–Crippen MR) is 102 cm³/mol. The third kappa shape index (κ3) is 7.98. The van der Waals surface area contributed by atoms with Crippen LogP contribution in [0.4, 0.5) is 10.5 Å². The number of benzene rings is 1. The summed E-state index contributed by atoms with van der Waals surface area (Å²) in [5.41, 5.74) is -0.609. The van der Waals surface area contributed by atoms with Crippen molar-refractivity contribution in [3.63, 3.8) is 0 Å². The second-order valence-corrected chi connectivity index (χ2v) is 7.08. The molecule has 0 fully saturated rings. The maximum absolute atomic E-state index is 12.0. The van der Waals surface area contributed by atoms with Gasteiger partial charge in [0.2, 0.25) is 0 Å². The average Bonchev–Trinajstić information content (AvgIpc) is 2.58. The molecule has 0 aliphatic rings. The molecular weight excluding hydrogens is 352 g/mol. The lowest BCUT2D eigenvalue weighted by Crippen LogP contribution is -2.35. The van der Waals surface area contributed by atoms with Crippen molar-refractivity contribution in [3.8, 4) is 5.75 Å². The fraction of sp³-hybridized carbons (Fsp3) is 0.526. The van der Waals surface area contributed by atoms with Crippen molar-refractivity contribution in [2.45, 2.75) is 45.3 Å². The molecule has 1 atom stereocenters. The Kier molecular flexibility index (Phi) is 8.08. The fourth-order valence-corrected chi connectivity index (χ4v) is 2.20. The molecule has 27 heavy (non-hydrogen) atoms. The van der Waals surface area contributed by atoms with Crippen molar-refractivity contribution < 1.29 is 23.9 Å². The molecule has 8 nitrogen and oxygen atoms in total. The highest BCUT2D eigenvalue weighted by Crippen LogP contribution is 2.23. The number of hydrogen-bond donors (Lipinski definition) is 0. The SMILES string of the molecule is C=C(OC)C(CCCN(C)C(=O)OC(C)(C)C)Oc1cccc([N+](=O)[O-])c1. The first kappa shape index (κ1) is 22.3. The van der Waals surface area contributed by atoms with Gasteiger partial charge in [-0.1, -0.05) is 12.6 Å². The molecule has 0 heterocycles. The molecule has 1 aromatic rings. The Balaban J connectivity index is 2.66. The van der Waals surface area contributed by atoms with E-state index >= 15 is 0 Å². The first-order valence-corrected chi connectivity index (χ1v) is 8.61. The van der Waals surface area contributed by atoms with Crippen molar-refractivity contribution in [2.75, 3.05) is 20.7 Å². The minimum Gasteiger partial charge on any atom is -0.498 e. The average molecular weight is 380 g/mol. The topological polar surface area (TPSA) is 91.1 Å². The lowest BCUT2D eigenvalue weighted by Gasteiger charge is -2.25. The molecule has 0 bridgehead atoms. The van der Waals surface area contributed by atoms with Crippen LogP contribution in [0.2, 0.25) is 0 Å². The standard InChI is InChI=1S/C19H28N2O6/c1-14(25-6)17(26-16-10-7-9-15(13-16)21(23)24)11-8-12-20(5)18(22)27-19(2,3)4/h7,9-10,13,17H,1,8,11-12H2,2-6H3. The monoisotopic (exact) mass is 380 g/mol. The highest BCUT2D eigenvalue weighted by Gasteiger charge is 2.21. The van der Waals surface area contributed by atoms with E-state index in [-0.39, 0.29) is 5.69 Å². The molecule has 1 rings (SSSR count). The normalized spacial score (nSPS) is 12.0. The van der Waals surface area contributed by atoms with Crippen LogP contribution in [0.15, 0.2) is 36.6 Å². The molecule has 0 saturated heterocycles. The zero-order valence-corrected chi connectivity index (χ0v) is 16.6. The number of hydrogen-bond acceptors (Lipinski definition) is 6. The van der Waals surface area contributed by atoms with Crippen LogP contribution in [0.3, 0.4) is 0 Å². The van der Waals surface area contributed by atoms with Crippen molar-refractivity contribution in [3.05, 3.63) is 46.7 Å². The summed E-state index contributed by atoms with van der Waals surface area (Å²) < 4.78 is 16.3. The fourth-order valence-electron chi connectivity index (χ4n) is 2.20. The molecule has 0 N–H and O–H groups in total. The summed E-state index contributed by atoms with van der Waals surface area (Å²) in [6.45, 7) is 9.71. The maximum atomic E-state index is 12.0. The smallest absolute Gasteiger partial charge is 0.410 e. The van der Waals surface area contributed by atoms with Crippen LogP contribution < -0.4 is 4.74 Å². The molecule has 1 unspecified atom stereocenters. The highest BCUT2D eigenvalue weighted by atomic mass is 16.6. The van der Waals surface area contributed by atoms with E-state index in [4.69, 9.17) is 14.2 Å². The Morgan fingerprint density at radius 3 is 2.59 bits per heavy atom. The summed E-state index contributed by atoms with van der Waals surface area (Å²) in [4.78, 5) is 23.9. The van der Waals surface area contributed by atoms with Gasteiger partial charge < -0.3 is 19.1 Å². The molecule has 0 aliphatic carbocycles. The molecule has 0 aromatic heterocycles. The number of nitro benzene ring substituents is 1. The number of amides is 1. The van der Waals surface area contributed by atoms with E-state index in [0.29, 0.717) is 30.9 Å². The molecule has 1 aromatic carbocycles. The van der Waals surface area contributed by atoms with Crippen LogP contribution in [0.25, 0.3) is 0 Å². The molecule has 0 aliphatic heterocycles. The molecule has 150 valence electrons. The number of nitrogens with zero attached hydrogens (tertiary/aromatic N) is 2. The number of non-ortho nitro benzene ring substituents is 1. The van der Waals surface area contributed by atoms with E-state index in [1.54, 1.807) is 19.2 Å². The third-order valence-corrected chi connectivity index (χ3v) is 3.59. The van der Waals surface area contributed by atoms with Crippen LogP contribution in [-0.2, 0) is 9.47 Å². The van der Waals surface area contributed by atoms with Gasteiger partial charge in [-0.25, -0.2) is 4.79 Å². The Hall–Kier alpha value is -2.77. The van der Waals surface area contributed by atoms with Gasteiger partial charge >= 0.3 is 6.09 Å². The lowest BCUT2D eigenvalue weighted by molar-refractivity contribution is -0.384. The highest BCUT2D eigenvalue weighted by molar-refractivity contribution is 5.67. The van der Waals surface area contributed by atoms with E-state index in [2.05, 4.69) is 6.58 Å². The van der Waals surface area contributed by atoms with Crippen LogP contribution in [0, 0.1) is 10.1 Å². The summed E-state index contributed by atoms with van der Waals surface area (Å²) in [5.74, 6) is 0.759. The number of ether oxygens (including phenoxy) is 3. The van der Waals surface area contributed by atoms with Gasteiger partial charge in [0.05, 0.1) is 18.1 Å². The first-order valence-electron chi connectivity index (χ1n) is 8.61. The summed E-state index contributed by atoms with van der Waals surface area (Å²) >= 11 is 0. The van der Waals surface area contributed by atoms with Crippen molar-refractivity contribution >= 4 is 11.8 Å². The van der Waals surface area contributed by atoms with Gasteiger partial charge in [-0.2, -0.15) is 0 Å². The van der Waals surface area contributed by atoms with Crippen LogP contribution in [0.1, 0.15) is 33.6 Å². The van der Waals surface area contributed by atoms with Crippen LogP contribution in [0.5, 0.6) is 5.75 Å². The molecule has 0 spiro atoms. The largest absolute Gasteiger partial charge is 0.498 e. The second kappa shape index (κ2) is 9.80. The minimum atomic E-state index is -0.552. The summed E-state index contributed by atoms with van der Waals surface area (Å²) in [6, 6.07) is 5.93. The van der Waals surface area contributed by atoms with Gasteiger partial charge in [-0.05, 0) is 39.7 Å². The molecule has 8 heteroatoms. The molecular formula is C19H28N2O6. The number of carbonyl (C=O) groups excluding carboxylic acids is 1. The molecule has 0 radical (unpaired) electrons. The van der Waals surface area contributed by atoms with Gasteiger partial charge in [-0.15, -0.1) is 0 Å². The second-order valence-electron chi connectivity index (χ2n) is 7.08. The Morgan fingerprint density at radius 2 is 2.04 bits per heavy atom. The van der Waals surface area contributed by atoms with Crippen LogP contribution in [-0.4, -0.2) is 48.3 Å². The van der Waals surface area contributed by atoms with E-state index < -0.39 is 22.7 Å². The van der Waals surface area contributed by atoms with Crippen molar-refractivity contribution in [1.29, 1.82) is 0 Å². The zero-order valence-electron chi connectivity index (χ0n) is 16.6. The maximum Gasteiger partial charge on any atom is 0.410 e. The Labute approximate surface area is 159 Å². The number of carbonyl (C=O) groups is 1. The third-order valence-electron chi connectivity index (χ3n) is 3.59. The van der Waals surface area contributed by atoms with Gasteiger partial charge in [0.15, 0.2) is 6.10 Å². The Bertz CT molecular complexity index is 668. The van der Waals surface area contributed by atoms with E-state index in [1.807, 2.05) is 20.8 Å². The van der Waals surface area contributed by atoms with E-state index in [0.717, 1.165) is 0 Å². The lowest BCUT2D eigenvalue weighted by atomic mass is 10.1.